The van der Waals surface area contributed by atoms with Crippen molar-refractivity contribution in [1.29, 1.82) is 0 Å². The van der Waals surface area contributed by atoms with E-state index in [-0.39, 0.29) is 11.9 Å². The predicted octanol–water partition coefficient (Wildman–Crippen LogP) is 2.74. The molecule has 5 heteroatoms. The van der Waals surface area contributed by atoms with E-state index in [2.05, 4.69) is 22.6 Å². The Morgan fingerprint density at radius 1 is 1.50 bits per heavy atom. The Morgan fingerprint density at radius 2 is 2.11 bits per heavy atom. The predicted molar refractivity (Wildman–Crippen MR) is 86.9 cm³/mol. The molecule has 1 aromatic rings. The largest absolute Gasteiger partial charge is 0.392 e. The Kier molecular flexibility index (Phi) is 5.52. The number of rotatable bonds is 4. The molecule has 98 valence electrons. The zero-order chi connectivity index (χ0) is 13.9. The van der Waals surface area contributed by atoms with E-state index in [4.69, 9.17) is 18.0 Å². The molecule has 0 saturated carbocycles. The van der Waals surface area contributed by atoms with Crippen LogP contribution in [0.25, 0.3) is 0 Å². The lowest BCUT2D eigenvalue weighted by Gasteiger charge is -2.27. The summed E-state index contributed by atoms with van der Waals surface area (Å²) in [6.45, 7) is 6.22. The molecule has 0 heterocycles. The van der Waals surface area contributed by atoms with Crippen LogP contribution in [-0.2, 0) is 0 Å². The molecule has 0 bridgehead atoms. The first-order valence-electron chi connectivity index (χ1n) is 5.69. The van der Waals surface area contributed by atoms with E-state index in [1.807, 2.05) is 39.0 Å². The van der Waals surface area contributed by atoms with Gasteiger partial charge in [0.25, 0.3) is 5.91 Å². The second-order valence-corrected chi connectivity index (χ2v) is 6.03. The molecule has 18 heavy (non-hydrogen) atoms. The monoisotopic (exact) mass is 376 g/mol. The molecule has 2 N–H and O–H groups in total. The van der Waals surface area contributed by atoms with Crippen molar-refractivity contribution >= 4 is 45.7 Å². The van der Waals surface area contributed by atoms with Crippen molar-refractivity contribution < 1.29 is 4.79 Å². The van der Waals surface area contributed by atoms with Crippen LogP contribution < -0.4 is 5.73 Å². The number of aryl methyl sites for hydroxylation is 1. The maximum Gasteiger partial charge on any atom is 0.255 e. The average Bonchev–Trinajstić information content (AvgIpc) is 2.28. The normalized spacial score (nSPS) is 10.5. The third-order valence-corrected chi connectivity index (χ3v) is 4.19. The van der Waals surface area contributed by atoms with Gasteiger partial charge >= 0.3 is 0 Å². The fourth-order valence-electron chi connectivity index (χ4n) is 1.62. The first-order chi connectivity index (χ1) is 8.34. The second kappa shape index (κ2) is 6.47. The Hall–Kier alpha value is -0.690. The summed E-state index contributed by atoms with van der Waals surface area (Å²) in [5, 5.41) is 0. The van der Waals surface area contributed by atoms with E-state index in [0.29, 0.717) is 17.1 Å². The van der Waals surface area contributed by atoms with Crippen LogP contribution in [0.1, 0.15) is 29.8 Å². The maximum atomic E-state index is 12.5. The highest BCUT2D eigenvalue weighted by molar-refractivity contribution is 14.1. The summed E-state index contributed by atoms with van der Waals surface area (Å²) < 4.78 is 0.980. The third kappa shape index (κ3) is 3.65. The van der Waals surface area contributed by atoms with E-state index >= 15 is 0 Å². The van der Waals surface area contributed by atoms with Gasteiger partial charge in [-0.15, -0.1) is 0 Å². The Labute approximate surface area is 127 Å². The number of carbonyl (C=O) groups excluding carboxylic acids is 1. The van der Waals surface area contributed by atoms with Gasteiger partial charge in [0.15, 0.2) is 0 Å². The summed E-state index contributed by atoms with van der Waals surface area (Å²) in [6.07, 6.45) is 0. The van der Waals surface area contributed by atoms with Gasteiger partial charge in [0.2, 0.25) is 0 Å². The van der Waals surface area contributed by atoms with Gasteiger partial charge < -0.3 is 10.6 Å². The zero-order valence-electron chi connectivity index (χ0n) is 10.7. The van der Waals surface area contributed by atoms with E-state index in [1.54, 1.807) is 4.90 Å². The van der Waals surface area contributed by atoms with E-state index in [0.717, 1.165) is 9.13 Å². The van der Waals surface area contributed by atoms with Gasteiger partial charge in [0, 0.05) is 9.61 Å². The van der Waals surface area contributed by atoms with Crippen LogP contribution in [0.2, 0.25) is 0 Å². The highest BCUT2D eigenvalue weighted by Crippen LogP contribution is 2.19. The SMILES string of the molecule is Cc1cccc(C(=O)N(CC(N)=S)C(C)C)c1I. The molecule has 0 spiro atoms. The lowest BCUT2D eigenvalue weighted by molar-refractivity contribution is 0.0735. The molecule has 0 fully saturated rings. The van der Waals surface area contributed by atoms with Crippen molar-refractivity contribution in [2.45, 2.75) is 26.8 Å². The number of hydrogen-bond acceptors (Lipinski definition) is 2. The minimum Gasteiger partial charge on any atom is -0.392 e. The van der Waals surface area contributed by atoms with Gasteiger partial charge in [-0.2, -0.15) is 0 Å². The number of benzene rings is 1. The van der Waals surface area contributed by atoms with Gasteiger partial charge in [0.05, 0.1) is 17.1 Å². The van der Waals surface area contributed by atoms with Crippen molar-refractivity contribution in [2.75, 3.05) is 6.54 Å². The first-order valence-corrected chi connectivity index (χ1v) is 7.17. The lowest BCUT2D eigenvalue weighted by Crippen LogP contribution is -2.42. The molecule has 0 radical (unpaired) electrons. The Balaban J connectivity index is 3.10. The summed E-state index contributed by atoms with van der Waals surface area (Å²) in [5.74, 6) is -0.0223. The fourth-order valence-corrected chi connectivity index (χ4v) is 2.35. The van der Waals surface area contributed by atoms with Crippen LogP contribution in [0, 0.1) is 10.5 Å². The molecule has 0 aromatic heterocycles. The fraction of sp³-hybridized carbons (Fsp3) is 0.385. The quantitative estimate of drug-likeness (QED) is 0.649. The van der Waals surface area contributed by atoms with Crippen LogP contribution >= 0.6 is 34.8 Å². The second-order valence-electron chi connectivity index (χ2n) is 4.43. The lowest BCUT2D eigenvalue weighted by atomic mass is 10.1. The van der Waals surface area contributed by atoms with Gasteiger partial charge in [-0.1, -0.05) is 24.4 Å². The Bertz CT molecular complexity index is 474. The molecule has 0 aliphatic heterocycles. The van der Waals surface area contributed by atoms with Gasteiger partial charge in [-0.3, -0.25) is 4.79 Å². The minimum absolute atomic E-state index is 0.0223. The third-order valence-electron chi connectivity index (χ3n) is 2.63. The highest BCUT2D eigenvalue weighted by atomic mass is 127. The van der Waals surface area contributed by atoms with Gasteiger partial charge in [-0.25, -0.2) is 0 Å². The van der Waals surface area contributed by atoms with Crippen molar-refractivity contribution in [3.63, 3.8) is 0 Å². The molecule has 1 amide bonds. The molecule has 0 saturated heterocycles. The molecular formula is C13H17IN2OS. The number of carbonyl (C=O) groups is 1. The number of hydrogen-bond donors (Lipinski definition) is 1. The number of halogens is 1. The first kappa shape index (κ1) is 15.4. The van der Waals surface area contributed by atoms with Crippen LogP contribution in [0.5, 0.6) is 0 Å². The van der Waals surface area contributed by atoms with Crippen molar-refractivity contribution in [3.8, 4) is 0 Å². The molecule has 0 atom stereocenters. The van der Waals surface area contributed by atoms with E-state index in [1.165, 1.54) is 0 Å². The summed E-state index contributed by atoms with van der Waals surface area (Å²) in [6, 6.07) is 5.79. The van der Waals surface area contributed by atoms with E-state index < -0.39 is 0 Å². The molecule has 3 nitrogen and oxygen atoms in total. The summed E-state index contributed by atoms with van der Waals surface area (Å²) in [7, 11) is 0. The molecule has 0 aliphatic rings. The Morgan fingerprint density at radius 3 is 2.61 bits per heavy atom. The summed E-state index contributed by atoms with van der Waals surface area (Å²) in [5.41, 5.74) is 7.36. The van der Waals surface area contributed by atoms with Crippen molar-refractivity contribution in [2.24, 2.45) is 5.73 Å². The van der Waals surface area contributed by atoms with Crippen LogP contribution in [-0.4, -0.2) is 28.4 Å². The van der Waals surface area contributed by atoms with Gasteiger partial charge in [0.1, 0.15) is 0 Å². The molecule has 0 aliphatic carbocycles. The summed E-state index contributed by atoms with van der Waals surface area (Å²) in [4.78, 5) is 14.5. The number of nitrogens with two attached hydrogens (primary N) is 1. The molecule has 1 rings (SSSR count). The minimum atomic E-state index is -0.0223. The zero-order valence-corrected chi connectivity index (χ0v) is 13.7. The average molecular weight is 376 g/mol. The summed E-state index contributed by atoms with van der Waals surface area (Å²) >= 11 is 7.10. The number of thiocarbonyl (C=S) groups is 1. The maximum absolute atomic E-state index is 12.5. The molecular weight excluding hydrogens is 359 g/mol. The van der Waals surface area contributed by atoms with E-state index in [9.17, 15) is 4.79 Å². The van der Waals surface area contributed by atoms with Crippen LogP contribution in [0.15, 0.2) is 18.2 Å². The standard InChI is InChI=1S/C13H17IN2OS/c1-8(2)16(7-11(15)18)13(17)10-6-4-5-9(3)12(10)14/h4-6,8H,7H2,1-3H3,(H2,15,18). The number of nitrogens with zero attached hydrogens (tertiary/aromatic N) is 1. The molecule has 0 unspecified atom stereocenters. The van der Waals surface area contributed by atoms with Crippen LogP contribution in [0.4, 0.5) is 0 Å². The van der Waals surface area contributed by atoms with Crippen molar-refractivity contribution in [3.05, 3.63) is 32.9 Å². The van der Waals surface area contributed by atoms with Crippen LogP contribution in [0.3, 0.4) is 0 Å². The highest BCUT2D eigenvalue weighted by Gasteiger charge is 2.21. The topological polar surface area (TPSA) is 46.3 Å². The van der Waals surface area contributed by atoms with Crippen molar-refractivity contribution in [1.82, 2.24) is 4.90 Å². The molecule has 1 aromatic carbocycles. The number of amides is 1. The smallest absolute Gasteiger partial charge is 0.255 e. The van der Waals surface area contributed by atoms with Gasteiger partial charge in [-0.05, 0) is 55.0 Å².